The number of nitrogens with one attached hydrogen (secondary N) is 2. The number of nitriles is 1. The molecule has 1 amide bonds. The van der Waals surface area contributed by atoms with E-state index in [0.29, 0.717) is 12.5 Å². The molecule has 0 saturated carbocycles. The first-order chi connectivity index (χ1) is 8.28. The van der Waals surface area contributed by atoms with Gasteiger partial charge < -0.3 is 10.6 Å². The molecular formula is C14H27N3O. The number of rotatable bonds is 8. The number of hydrogen-bond acceptors (Lipinski definition) is 3. The third-order valence-corrected chi connectivity index (χ3v) is 2.81. The summed E-state index contributed by atoms with van der Waals surface area (Å²) in [5.41, 5.74) is -0.273. The highest BCUT2D eigenvalue weighted by Gasteiger charge is 2.16. The van der Waals surface area contributed by atoms with Crippen molar-refractivity contribution in [2.24, 2.45) is 11.3 Å². The van der Waals surface area contributed by atoms with Crippen molar-refractivity contribution >= 4 is 5.91 Å². The monoisotopic (exact) mass is 253 g/mol. The molecule has 0 fully saturated rings. The highest BCUT2D eigenvalue weighted by atomic mass is 16.2. The van der Waals surface area contributed by atoms with E-state index in [9.17, 15) is 4.79 Å². The number of nitrogens with zero attached hydrogens (tertiary/aromatic N) is 1. The van der Waals surface area contributed by atoms with Crippen molar-refractivity contribution < 1.29 is 4.79 Å². The summed E-state index contributed by atoms with van der Waals surface area (Å²) in [4.78, 5) is 11.7. The third kappa shape index (κ3) is 8.08. The first kappa shape index (κ1) is 16.9. The summed E-state index contributed by atoms with van der Waals surface area (Å²) in [6, 6.07) is 2.11. The highest BCUT2D eigenvalue weighted by Crippen LogP contribution is 2.19. The molecule has 4 heteroatoms. The van der Waals surface area contributed by atoms with E-state index < -0.39 is 0 Å². The Balaban J connectivity index is 3.74. The lowest BCUT2D eigenvalue weighted by molar-refractivity contribution is -0.122. The summed E-state index contributed by atoms with van der Waals surface area (Å²) in [6.07, 6.45) is 1.75. The summed E-state index contributed by atoms with van der Waals surface area (Å²) >= 11 is 0. The molecule has 18 heavy (non-hydrogen) atoms. The van der Waals surface area contributed by atoms with Gasteiger partial charge in [0.2, 0.25) is 5.91 Å². The van der Waals surface area contributed by atoms with Crippen LogP contribution in [-0.4, -0.2) is 25.0 Å². The second-order valence-electron chi connectivity index (χ2n) is 5.91. The van der Waals surface area contributed by atoms with Gasteiger partial charge in [-0.3, -0.25) is 4.79 Å². The Morgan fingerprint density at radius 2 is 1.94 bits per heavy atom. The Labute approximate surface area is 111 Å². The van der Waals surface area contributed by atoms with Crippen LogP contribution in [0, 0.1) is 22.7 Å². The lowest BCUT2D eigenvalue weighted by Crippen LogP contribution is -2.43. The summed E-state index contributed by atoms with van der Waals surface area (Å²) in [6.45, 7) is 11.4. The number of hydrogen-bond donors (Lipinski definition) is 2. The summed E-state index contributed by atoms with van der Waals surface area (Å²) < 4.78 is 0. The molecule has 104 valence electrons. The maximum atomic E-state index is 11.7. The fraction of sp³-hybridized carbons (Fsp3) is 0.857. The first-order valence-corrected chi connectivity index (χ1v) is 6.71. The van der Waals surface area contributed by atoms with Gasteiger partial charge in [0.25, 0.3) is 0 Å². The zero-order valence-electron chi connectivity index (χ0n) is 12.3. The molecule has 0 heterocycles. The van der Waals surface area contributed by atoms with Gasteiger partial charge in [-0.2, -0.15) is 5.26 Å². The van der Waals surface area contributed by atoms with Crippen LogP contribution in [0.1, 0.15) is 47.5 Å². The van der Waals surface area contributed by atoms with E-state index >= 15 is 0 Å². The molecule has 2 N–H and O–H groups in total. The minimum Gasteiger partial charge on any atom is -0.354 e. The molecule has 0 bridgehead atoms. The number of amides is 1. The minimum atomic E-state index is -0.273. The molecule has 0 aromatic carbocycles. The molecule has 0 saturated heterocycles. The normalized spacial score (nSPS) is 13.2. The number of carbonyl (C=O) groups excluding carboxylic acids is 1. The van der Waals surface area contributed by atoms with Crippen molar-refractivity contribution in [2.75, 3.05) is 13.1 Å². The minimum absolute atomic E-state index is 0.0447. The standard InChI is InChI=1S/C14H27N3O/c1-11(2)9-17-13(18)12(3)16-8-6-7-14(4,5)10-15/h11-12,16H,6-9H2,1-5H3,(H,17,18). The Morgan fingerprint density at radius 3 is 2.44 bits per heavy atom. The van der Waals surface area contributed by atoms with E-state index in [4.69, 9.17) is 5.26 Å². The van der Waals surface area contributed by atoms with Gasteiger partial charge in [0.1, 0.15) is 0 Å². The predicted octanol–water partition coefficient (Wildman–Crippen LogP) is 2.07. The van der Waals surface area contributed by atoms with E-state index in [0.717, 1.165) is 19.4 Å². The fourth-order valence-electron chi connectivity index (χ4n) is 1.46. The van der Waals surface area contributed by atoms with Gasteiger partial charge in [-0.15, -0.1) is 0 Å². The maximum absolute atomic E-state index is 11.7. The van der Waals surface area contributed by atoms with Crippen LogP contribution in [0.25, 0.3) is 0 Å². The van der Waals surface area contributed by atoms with Crippen LogP contribution in [0.5, 0.6) is 0 Å². The van der Waals surface area contributed by atoms with Crippen molar-refractivity contribution in [2.45, 2.75) is 53.5 Å². The van der Waals surface area contributed by atoms with Crippen LogP contribution in [0.15, 0.2) is 0 Å². The van der Waals surface area contributed by atoms with Crippen LogP contribution < -0.4 is 10.6 Å². The van der Waals surface area contributed by atoms with Gasteiger partial charge in [0.05, 0.1) is 17.5 Å². The Kier molecular flexibility index (Phi) is 7.61. The van der Waals surface area contributed by atoms with Gasteiger partial charge in [0.15, 0.2) is 0 Å². The average molecular weight is 253 g/mol. The lowest BCUT2D eigenvalue weighted by atomic mass is 9.90. The van der Waals surface area contributed by atoms with Crippen molar-refractivity contribution in [3.05, 3.63) is 0 Å². The summed E-state index contributed by atoms with van der Waals surface area (Å²) in [5, 5.41) is 15.0. The Bertz CT molecular complexity index is 292. The SMILES string of the molecule is CC(C)CNC(=O)C(C)NCCCC(C)(C)C#N. The fourth-order valence-corrected chi connectivity index (χ4v) is 1.46. The first-order valence-electron chi connectivity index (χ1n) is 6.71. The van der Waals surface area contributed by atoms with Gasteiger partial charge in [-0.1, -0.05) is 13.8 Å². The zero-order valence-corrected chi connectivity index (χ0v) is 12.3. The van der Waals surface area contributed by atoms with Gasteiger partial charge >= 0.3 is 0 Å². The molecule has 4 nitrogen and oxygen atoms in total. The highest BCUT2D eigenvalue weighted by molar-refractivity contribution is 5.81. The largest absolute Gasteiger partial charge is 0.354 e. The second-order valence-corrected chi connectivity index (χ2v) is 5.91. The van der Waals surface area contributed by atoms with Gasteiger partial charge in [0, 0.05) is 6.54 Å². The predicted molar refractivity (Wildman–Crippen MR) is 73.9 cm³/mol. The van der Waals surface area contributed by atoms with Crippen LogP contribution in [0.4, 0.5) is 0 Å². The average Bonchev–Trinajstić information content (AvgIpc) is 2.31. The molecule has 0 radical (unpaired) electrons. The maximum Gasteiger partial charge on any atom is 0.236 e. The van der Waals surface area contributed by atoms with Crippen LogP contribution in [0.2, 0.25) is 0 Å². The van der Waals surface area contributed by atoms with Crippen LogP contribution >= 0.6 is 0 Å². The molecule has 0 aliphatic heterocycles. The molecule has 0 aromatic heterocycles. The van der Waals surface area contributed by atoms with E-state index in [1.807, 2.05) is 20.8 Å². The Hall–Kier alpha value is -1.08. The van der Waals surface area contributed by atoms with Crippen molar-refractivity contribution in [1.82, 2.24) is 10.6 Å². The molecule has 1 unspecified atom stereocenters. The quantitative estimate of drug-likeness (QED) is 0.651. The van der Waals surface area contributed by atoms with Gasteiger partial charge in [-0.05, 0) is 46.1 Å². The van der Waals surface area contributed by atoms with Gasteiger partial charge in [-0.25, -0.2) is 0 Å². The third-order valence-electron chi connectivity index (χ3n) is 2.81. The topological polar surface area (TPSA) is 64.9 Å². The molecule has 0 spiro atoms. The van der Waals surface area contributed by atoms with Crippen LogP contribution in [0.3, 0.4) is 0 Å². The summed E-state index contributed by atoms with van der Waals surface area (Å²) in [5.74, 6) is 0.515. The molecular weight excluding hydrogens is 226 g/mol. The molecule has 0 aliphatic carbocycles. The zero-order chi connectivity index (χ0) is 14.2. The number of carbonyl (C=O) groups is 1. The van der Waals surface area contributed by atoms with E-state index in [2.05, 4.69) is 30.6 Å². The summed E-state index contributed by atoms with van der Waals surface area (Å²) in [7, 11) is 0. The van der Waals surface area contributed by atoms with Crippen LogP contribution in [-0.2, 0) is 4.79 Å². The van der Waals surface area contributed by atoms with Crippen molar-refractivity contribution in [3.63, 3.8) is 0 Å². The molecule has 1 atom stereocenters. The van der Waals surface area contributed by atoms with E-state index in [-0.39, 0.29) is 17.4 Å². The smallest absolute Gasteiger partial charge is 0.236 e. The molecule has 0 rings (SSSR count). The molecule has 0 aromatic rings. The van der Waals surface area contributed by atoms with E-state index in [1.54, 1.807) is 0 Å². The van der Waals surface area contributed by atoms with Crippen molar-refractivity contribution in [3.8, 4) is 6.07 Å². The molecule has 0 aliphatic rings. The Morgan fingerprint density at radius 1 is 1.33 bits per heavy atom. The lowest BCUT2D eigenvalue weighted by Gasteiger charge is -2.17. The van der Waals surface area contributed by atoms with E-state index in [1.165, 1.54) is 0 Å². The second kappa shape index (κ2) is 8.10. The van der Waals surface area contributed by atoms with Crippen molar-refractivity contribution in [1.29, 1.82) is 5.26 Å².